The number of alkyl halides is 1. The summed E-state index contributed by atoms with van der Waals surface area (Å²) in [6, 6.07) is 0. The molecule has 0 atom stereocenters. The standard InChI is InChI=1S/C6H8Br/c1-2-3-4-5-6-7/h1,4-6H2. The van der Waals surface area contributed by atoms with Crippen LogP contribution in [0.5, 0.6) is 0 Å². The Kier molecular flexibility index (Phi) is 6.07. The van der Waals surface area contributed by atoms with Crippen LogP contribution in [-0.2, 0) is 0 Å². The van der Waals surface area contributed by atoms with Crippen molar-refractivity contribution in [3.8, 4) is 11.8 Å². The lowest BCUT2D eigenvalue weighted by atomic mass is 10.3. The Labute approximate surface area is 53.4 Å². The highest BCUT2D eigenvalue weighted by atomic mass is 79.9. The third-order valence-corrected chi connectivity index (χ3v) is 1.12. The Hall–Kier alpha value is 0.0400. The van der Waals surface area contributed by atoms with Gasteiger partial charge in [-0.15, -0.1) is 11.8 Å². The maximum Gasteiger partial charge on any atom is 0.0198 e. The van der Waals surface area contributed by atoms with Crippen LogP contribution in [-0.4, -0.2) is 5.33 Å². The average molecular weight is 160 g/mol. The number of rotatable bonds is 2. The first-order chi connectivity index (χ1) is 3.41. The van der Waals surface area contributed by atoms with Crippen molar-refractivity contribution in [1.82, 2.24) is 0 Å². The van der Waals surface area contributed by atoms with Gasteiger partial charge in [-0.05, 0) is 6.42 Å². The molecule has 0 aromatic rings. The molecule has 0 unspecified atom stereocenters. The van der Waals surface area contributed by atoms with Gasteiger partial charge in [-0.1, -0.05) is 15.9 Å². The highest BCUT2D eigenvalue weighted by Gasteiger charge is 1.74. The van der Waals surface area contributed by atoms with E-state index < -0.39 is 0 Å². The topological polar surface area (TPSA) is 0 Å². The predicted octanol–water partition coefficient (Wildman–Crippen LogP) is 2.00. The van der Waals surface area contributed by atoms with Crippen LogP contribution in [0.2, 0.25) is 0 Å². The molecule has 0 rings (SSSR count). The van der Waals surface area contributed by atoms with Gasteiger partial charge in [0, 0.05) is 18.7 Å². The van der Waals surface area contributed by atoms with Gasteiger partial charge in [-0.2, -0.15) is 0 Å². The highest BCUT2D eigenvalue weighted by Crippen LogP contribution is 1.90. The van der Waals surface area contributed by atoms with Crippen molar-refractivity contribution in [1.29, 1.82) is 0 Å². The maximum atomic E-state index is 3.38. The summed E-state index contributed by atoms with van der Waals surface area (Å²) >= 11 is 3.29. The van der Waals surface area contributed by atoms with E-state index >= 15 is 0 Å². The van der Waals surface area contributed by atoms with Crippen molar-refractivity contribution >= 4 is 15.9 Å². The van der Waals surface area contributed by atoms with Crippen LogP contribution in [0.25, 0.3) is 0 Å². The molecule has 39 valence electrons. The molecule has 1 heteroatoms. The van der Waals surface area contributed by atoms with Crippen LogP contribution >= 0.6 is 15.9 Å². The van der Waals surface area contributed by atoms with E-state index in [4.69, 9.17) is 0 Å². The quantitative estimate of drug-likeness (QED) is 0.329. The van der Waals surface area contributed by atoms with Gasteiger partial charge in [0.1, 0.15) is 0 Å². The molecule has 0 saturated carbocycles. The molecule has 0 heterocycles. The molecule has 0 spiro atoms. The van der Waals surface area contributed by atoms with E-state index in [2.05, 4.69) is 34.7 Å². The molecule has 0 aliphatic rings. The molecule has 0 aromatic carbocycles. The third kappa shape index (κ3) is 6.04. The van der Waals surface area contributed by atoms with Gasteiger partial charge in [0.05, 0.1) is 0 Å². The summed E-state index contributed by atoms with van der Waals surface area (Å²) in [6.07, 6.45) is 2.09. The zero-order valence-electron chi connectivity index (χ0n) is 4.21. The second kappa shape index (κ2) is 6.04. The van der Waals surface area contributed by atoms with Crippen molar-refractivity contribution in [2.45, 2.75) is 12.8 Å². The highest BCUT2D eigenvalue weighted by molar-refractivity contribution is 9.09. The first kappa shape index (κ1) is 7.04. The van der Waals surface area contributed by atoms with Crippen LogP contribution < -0.4 is 0 Å². The summed E-state index contributed by atoms with van der Waals surface area (Å²) in [4.78, 5) is 0. The molecule has 0 N–H and O–H groups in total. The first-order valence-electron chi connectivity index (χ1n) is 2.22. The molecule has 0 amide bonds. The van der Waals surface area contributed by atoms with E-state index in [9.17, 15) is 0 Å². The fourth-order valence-electron chi connectivity index (χ4n) is 0.244. The summed E-state index contributed by atoms with van der Waals surface area (Å²) < 4.78 is 0. The van der Waals surface area contributed by atoms with E-state index in [1.165, 1.54) is 0 Å². The van der Waals surface area contributed by atoms with Crippen LogP contribution in [0.4, 0.5) is 0 Å². The summed E-state index contributed by atoms with van der Waals surface area (Å²) in [5, 5.41) is 1.04. The maximum absolute atomic E-state index is 3.38. The molecule has 7 heavy (non-hydrogen) atoms. The number of halogens is 1. The van der Waals surface area contributed by atoms with Crippen molar-refractivity contribution in [2.24, 2.45) is 0 Å². The minimum Gasteiger partial charge on any atom is -0.103 e. The zero-order chi connectivity index (χ0) is 5.54. The monoisotopic (exact) mass is 159 g/mol. The molecule has 0 bridgehead atoms. The van der Waals surface area contributed by atoms with Crippen LogP contribution in [0, 0.1) is 18.8 Å². The Morgan fingerprint density at radius 1 is 1.57 bits per heavy atom. The van der Waals surface area contributed by atoms with E-state index in [0.717, 1.165) is 18.2 Å². The lowest BCUT2D eigenvalue weighted by Crippen LogP contribution is -1.68. The second-order valence-electron chi connectivity index (χ2n) is 1.15. The number of hydrogen-bond acceptors (Lipinski definition) is 0. The van der Waals surface area contributed by atoms with Crippen LogP contribution in [0.1, 0.15) is 12.8 Å². The minimum absolute atomic E-state index is 0.967. The third-order valence-electron chi connectivity index (χ3n) is 0.560. The lowest BCUT2D eigenvalue weighted by molar-refractivity contribution is 1.01. The predicted molar refractivity (Wildman–Crippen MR) is 36.2 cm³/mol. The lowest BCUT2D eigenvalue weighted by Gasteiger charge is -1.79. The van der Waals surface area contributed by atoms with Gasteiger partial charge in [0.25, 0.3) is 0 Å². The molecule has 0 aliphatic carbocycles. The van der Waals surface area contributed by atoms with Crippen molar-refractivity contribution in [3.05, 3.63) is 6.92 Å². The average Bonchev–Trinajstić information content (AvgIpc) is 1.69. The number of unbranched alkanes of at least 4 members (excludes halogenated alkanes) is 1. The molecule has 0 fully saturated rings. The van der Waals surface area contributed by atoms with Crippen molar-refractivity contribution in [3.63, 3.8) is 0 Å². The summed E-state index contributed by atoms with van der Waals surface area (Å²) in [5.74, 6) is 5.44. The normalized spacial score (nSPS) is 7.14. The molecular weight excluding hydrogens is 152 g/mol. The summed E-state index contributed by atoms with van der Waals surface area (Å²) in [5.41, 5.74) is 0. The fourth-order valence-corrected chi connectivity index (χ4v) is 0.524. The first-order valence-corrected chi connectivity index (χ1v) is 3.35. The molecule has 1 radical (unpaired) electrons. The molecular formula is C6H8Br. The molecule has 0 aromatic heterocycles. The van der Waals surface area contributed by atoms with E-state index in [0.29, 0.717) is 0 Å². The molecule has 0 nitrogen and oxygen atoms in total. The minimum atomic E-state index is 0.967. The van der Waals surface area contributed by atoms with Gasteiger partial charge in [-0.3, -0.25) is 0 Å². The Bertz CT molecular complexity index is 75.9. The van der Waals surface area contributed by atoms with E-state index in [1.54, 1.807) is 0 Å². The molecule has 0 saturated heterocycles. The van der Waals surface area contributed by atoms with Gasteiger partial charge in [0.15, 0.2) is 0 Å². The fraction of sp³-hybridized carbons (Fsp3) is 0.500. The van der Waals surface area contributed by atoms with E-state index in [-0.39, 0.29) is 0 Å². The second-order valence-corrected chi connectivity index (χ2v) is 1.94. The van der Waals surface area contributed by atoms with Crippen LogP contribution in [0.15, 0.2) is 0 Å². The Balaban J connectivity index is 2.78. The largest absolute Gasteiger partial charge is 0.103 e. The van der Waals surface area contributed by atoms with Gasteiger partial charge in [-0.25, -0.2) is 0 Å². The van der Waals surface area contributed by atoms with E-state index in [1.807, 2.05) is 0 Å². The van der Waals surface area contributed by atoms with Gasteiger partial charge >= 0.3 is 0 Å². The zero-order valence-corrected chi connectivity index (χ0v) is 5.79. The summed E-state index contributed by atoms with van der Waals surface area (Å²) in [7, 11) is 0. The molecule has 0 aliphatic heterocycles. The Morgan fingerprint density at radius 2 is 2.29 bits per heavy atom. The van der Waals surface area contributed by atoms with Crippen molar-refractivity contribution < 1.29 is 0 Å². The summed E-state index contributed by atoms with van der Waals surface area (Å²) in [6.45, 7) is 3.38. The van der Waals surface area contributed by atoms with Gasteiger partial charge in [0.2, 0.25) is 0 Å². The smallest absolute Gasteiger partial charge is 0.0198 e. The SMILES string of the molecule is [CH2]C#CCCCBr. The Morgan fingerprint density at radius 3 is 2.71 bits per heavy atom. The van der Waals surface area contributed by atoms with Crippen molar-refractivity contribution in [2.75, 3.05) is 5.33 Å². The van der Waals surface area contributed by atoms with Gasteiger partial charge < -0.3 is 0 Å². The number of hydrogen-bond donors (Lipinski definition) is 0. The van der Waals surface area contributed by atoms with Crippen LogP contribution in [0.3, 0.4) is 0 Å².